The summed E-state index contributed by atoms with van der Waals surface area (Å²) in [6.07, 6.45) is 3.37. The third kappa shape index (κ3) is 1.90. The number of imidazole rings is 1. The summed E-state index contributed by atoms with van der Waals surface area (Å²) in [5.74, 6) is 0.519. The lowest BCUT2D eigenvalue weighted by molar-refractivity contribution is 0.448. The Hall–Kier alpha value is -2.43. The molecule has 0 amide bonds. The van der Waals surface area contributed by atoms with Gasteiger partial charge in [-0.15, -0.1) is 5.10 Å². The fourth-order valence-corrected chi connectivity index (χ4v) is 1.61. The van der Waals surface area contributed by atoms with Gasteiger partial charge in [0, 0.05) is 24.5 Å². The van der Waals surface area contributed by atoms with E-state index in [2.05, 4.69) is 10.1 Å². The number of aryl methyl sites for hydroxylation is 1. The van der Waals surface area contributed by atoms with Crippen LogP contribution < -0.4 is 4.74 Å². The van der Waals surface area contributed by atoms with Crippen LogP contribution in [0.15, 0.2) is 42.7 Å². The molecule has 3 aromatic rings. The Morgan fingerprint density at radius 3 is 2.94 bits per heavy atom. The Kier molecular flexibility index (Phi) is 2.44. The maximum Gasteiger partial charge on any atom is 0.237 e. The molecular weight excluding hydrogens is 233 g/mol. The van der Waals surface area contributed by atoms with E-state index in [-0.39, 0.29) is 5.82 Å². The van der Waals surface area contributed by atoms with Crippen molar-refractivity contribution in [2.45, 2.75) is 6.92 Å². The van der Waals surface area contributed by atoms with Gasteiger partial charge in [0.1, 0.15) is 11.6 Å². The maximum absolute atomic E-state index is 13.4. The lowest BCUT2D eigenvalue weighted by Gasteiger charge is -2.05. The molecule has 4 nitrogen and oxygen atoms in total. The number of nitrogens with zero attached hydrogens (tertiary/aromatic N) is 3. The minimum absolute atomic E-state index is 0.295. The summed E-state index contributed by atoms with van der Waals surface area (Å²) < 4.78 is 20.5. The van der Waals surface area contributed by atoms with E-state index in [0.29, 0.717) is 17.2 Å². The van der Waals surface area contributed by atoms with Crippen LogP contribution in [0, 0.1) is 12.7 Å². The number of benzene rings is 1. The van der Waals surface area contributed by atoms with Crippen LogP contribution in [0.5, 0.6) is 11.6 Å². The highest BCUT2D eigenvalue weighted by atomic mass is 19.1. The number of hydrogen-bond donors (Lipinski definition) is 0. The number of ether oxygens (including phenoxy) is 1. The molecule has 0 radical (unpaired) electrons. The SMILES string of the molecule is Cc1ccc(Oc2ccc3nccn3n2)cc1F. The van der Waals surface area contributed by atoms with Crippen molar-refractivity contribution < 1.29 is 9.13 Å². The number of aromatic nitrogens is 3. The highest BCUT2D eigenvalue weighted by Gasteiger charge is 2.04. The molecule has 1 aromatic carbocycles. The van der Waals surface area contributed by atoms with Gasteiger partial charge in [-0.2, -0.15) is 0 Å². The predicted molar refractivity (Wildman–Crippen MR) is 64.2 cm³/mol. The standard InChI is InChI=1S/C13H10FN3O/c1-9-2-3-10(8-11(9)14)18-13-5-4-12-15-6-7-17(12)16-13/h2-8H,1H3. The van der Waals surface area contributed by atoms with Crippen molar-refractivity contribution >= 4 is 5.65 Å². The van der Waals surface area contributed by atoms with Crippen LogP contribution in [0.2, 0.25) is 0 Å². The monoisotopic (exact) mass is 243 g/mol. The molecule has 0 saturated carbocycles. The topological polar surface area (TPSA) is 39.4 Å². The lowest BCUT2D eigenvalue weighted by atomic mass is 10.2. The summed E-state index contributed by atoms with van der Waals surface area (Å²) in [4.78, 5) is 4.08. The molecule has 0 N–H and O–H groups in total. The second kappa shape index (κ2) is 4.10. The summed E-state index contributed by atoms with van der Waals surface area (Å²) in [7, 11) is 0. The van der Waals surface area contributed by atoms with Gasteiger partial charge in [-0.1, -0.05) is 6.07 Å². The molecule has 0 fully saturated rings. The van der Waals surface area contributed by atoms with Crippen molar-refractivity contribution in [1.29, 1.82) is 0 Å². The minimum atomic E-state index is -0.295. The molecule has 18 heavy (non-hydrogen) atoms. The van der Waals surface area contributed by atoms with Gasteiger partial charge in [0.25, 0.3) is 0 Å². The Balaban J connectivity index is 1.92. The third-order valence-electron chi connectivity index (χ3n) is 2.60. The van der Waals surface area contributed by atoms with Crippen molar-refractivity contribution in [2.75, 3.05) is 0 Å². The quantitative estimate of drug-likeness (QED) is 0.694. The largest absolute Gasteiger partial charge is 0.437 e. The molecule has 2 aromatic heterocycles. The molecule has 0 spiro atoms. The smallest absolute Gasteiger partial charge is 0.237 e. The molecule has 2 heterocycles. The number of fused-ring (bicyclic) bond motifs is 1. The first-order chi connectivity index (χ1) is 8.72. The van der Waals surface area contributed by atoms with Crippen molar-refractivity contribution in [1.82, 2.24) is 14.6 Å². The fraction of sp³-hybridized carbons (Fsp3) is 0.0769. The number of rotatable bonds is 2. The summed E-state index contributed by atoms with van der Waals surface area (Å²) in [5, 5.41) is 4.19. The number of halogens is 1. The highest BCUT2D eigenvalue weighted by Crippen LogP contribution is 2.21. The van der Waals surface area contributed by atoms with Crippen molar-refractivity contribution in [3.05, 3.63) is 54.1 Å². The molecule has 0 aliphatic rings. The zero-order valence-corrected chi connectivity index (χ0v) is 9.67. The molecular formula is C13H10FN3O. The van der Waals surface area contributed by atoms with Gasteiger partial charge < -0.3 is 4.74 Å². The summed E-state index contributed by atoms with van der Waals surface area (Å²) >= 11 is 0. The Labute approximate surface area is 103 Å². The van der Waals surface area contributed by atoms with Crippen LogP contribution >= 0.6 is 0 Å². The van der Waals surface area contributed by atoms with Gasteiger partial charge >= 0.3 is 0 Å². The average Bonchev–Trinajstić information content (AvgIpc) is 2.81. The summed E-state index contributed by atoms with van der Waals surface area (Å²) in [5.41, 5.74) is 1.32. The highest BCUT2D eigenvalue weighted by molar-refractivity contribution is 5.38. The fourth-order valence-electron chi connectivity index (χ4n) is 1.61. The Morgan fingerprint density at radius 1 is 1.22 bits per heavy atom. The van der Waals surface area contributed by atoms with E-state index in [1.807, 2.05) is 0 Å². The van der Waals surface area contributed by atoms with Gasteiger partial charge in [-0.3, -0.25) is 0 Å². The maximum atomic E-state index is 13.4. The van der Waals surface area contributed by atoms with Crippen LogP contribution in [0.25, 0.3) is 5.65 Å². The van der Waals surface area contributed by atoms with Gasteiger partial charge in [0.05, 0.1) is 0 Å². The van der Waals surface area contributed by atoms with Crippen LogP contribution in [0.3, 0.4) is 0 Å². The molecule has 3 rings (SSSR count). The van der Waals surface area contributed by atoms with E-state index in [1.165, 1.54) is 6.07 Å². The van der Waals surface area contributed by atoms with Gasteiger partial charge in [-0.05, 0) is 24.6 Å². The van der Waals surface area contributed by atoms with E-state index < -0.39 is 0 Å². The van der Waals surface area contributed by atoms with Crippen molar-refractivity contribution in [3.8, 4) is 11.6 Å². The molecule has 5 heteroatoms. The van der Waals surface area contributed by atoms with Crippen molar-refractivity contribution in [3.63, 3.8) is 0 Å². The van der Waals surface area contributed by atoms with Crippen LogP contribution in [-0.4, -0.2) is 14.6 Å². The van der Waals surface area contributed by atoms with E-state index in [0.717, 1.165) is 5.65 Å². The van der Waals surface area contributed by atoms with E-state index in [4.69, 9.17) is 4.74 Å². The second-order valence-electron chi connectivity index (χ2n) is 3.91. The zero-order chi connectivity index (χ0) is 12.5. The van der Waals surface area contributed by atoms with Gasteiger partial charge in [0.15, 0.2) is 5.65 Å². The number of hydrogen-bond acceptors (Lipinski definition) is 3. The summed E-state index contributed by atoms with van der Waals surface area (Å²) in [6.45, 7) is 1.70. The van der Waals surface area contributed by atoms with Crippen molar-refractivity contribution in [2.24, 2.45) is 0 Å². The first kappa shape index (κ1) is 10.7. The molecule has 90 valence electrons. The Morgan fingerprint density at radius 2 is 2.11 bits per heavy atom. The average molecular weight is 243 g/mol. The molecule has 0 aliphatic heterocycles. The minimum Gasteiger partial charge on any atom is -0.437 e. The predicted octanol–water partition coefficient (Wildman–Crippen LogP) is 2.97. The molecule has 0 atom stereocenters. The van der Waals surface area contributed by atoms with Crippen LogP contribution in [0.1, 0.15) is 5.56 Å². The van der Waals surface area contributed by atoms with Gasteiger partial charge in [0.2, 0.25) is 5.88 Å². The molecule has 0 unspecified atom stereocenters. The second-order valence-corrected chi connectivity index (χ2v) is 3.91. The Bertz CT molecular complexity index is 708. The first-order valence-corrected chi connectivity index (χ1v) is 5.47. The molecule has 0 saturated heterocycles. The molecule has 0 bridgehead atoms. The summed E-state index contributed by atoms with van der Waals surface area (Å²) in [6, 6.07) is 8.20. The van der Waals surface area contributed by atoms with E-state index in [1.54, 1.807) is 48.1 Å². The lowest BCUT2D eigenvalue weighted by Crippen LogP contribution is -1.95. The molecule has 0 aliphatic carbocycles. The van der Waals surface area contributed by atoms with E-state index >= 15 is 0 Å². The van der Waals surface area contributed by atoms with Gasteiger partial charge in [-0.25, -0.2) is 13.9 Å². The third-order valence-corrected chi connectivity index (χ3v) is 2.60. The van der Waals surface area contributed by atoms with Crippen LogP contribution in [0.4, 0.5) is 4.39 Å². The first-order valence-electron chi connectivity index (χ1n) is 5.47. The zero-order valence-electron chi connectivity index (χ0n) is 9.67. The normalized spacial score (nSPS) is 10.8. The van der Waals surface area contributed by atoms with Crippen LogP contribution in [-0.2, 0) is 0 Å². The van der Waals surface area contributed by atoms with E-state index in [9.17, 15) is 4.39 Å².